The quantitative estimate of drug-likeness (QED) is 0.799. The van der Waals surface area contributed by atoms with E-state index in [9.17, 15) is 5.11 Å². The number of hydrogen-bond acceptors (Lipinski definition) is 6. The number of nitrogens with zero attached hydrogens (tertiary/aromatic N) is 2. The number of aliphatic hydroxyl groups is 1. The Balaban J connectivity index is 2.70. The molecule has 0 fully saturated rings. The summed E-state index contributed by atoms with van der Waals surface area (Å²) in [7, 11) is 0. The molecule has 6 heteroatoms. The Bertz CT molecular complexity index is 411. The van der Waals surface area contributed by atoms with Crippen molar-refractivity contribution in [2.45, 2.75) is 39.4 Å². The Kier molecular flexibility index (Phi) is 5.87. The van der Waals surface area contributed by atoms with Crippen LogP contribution >= 0.6 is 11.8 Å². The minimum atomic E-state index is -0.786. The molecular weight excluding hydrogens is 262 g/mol. The minimum absolute atomic E-state index is 0.0711. The highest BCUT2D eigenvalue weighted by molar-refractivity contribution is 7.98. The summed E-state index contributed by atoms with van der Waals surface area (Å²) in [4.78, 5) is 8.56. The Hall–Kier alpha value is -1.01. The van der Waals surface area contributed by atoms with Gasteiger partial charge in [-0.2, -0.15) is 16.7 Å². The normalized spacial score (nSPS) is 14.3. The van der Waals surface area contributed by atoms with Gasteiger partial charge in [0.2, 0.25) is 11.8 Å². The summed E-state index contributed by atoms with van der Waals surface area (Å²) in [5, 5.41) is 13.1. The lowest BCUT2D eigenvalue weighted by molar-refractivity contribution is 0.0994. The van der Waals surface area contributed by atoms with Crippen LogP contribution in [-0.2, 0) is 0 Å². The highest BCUT2D eigenvalue weighted by atomic mass is 32.2. The third-order valence-electron chi connectivity index (χ3n) is 2.27. The van der Waals surface area contributed by atoms with E-state index in [1.54, 1.807) is 24.8 Å². The van der Waals surface area contributed by atoms with Crippen molar-refractivity contribution in [1.29, 1.82) is 0 Å². The van der Waals surface area contributed by atoms with Crippen LogP contribution in [0.25, 0.3) is 0 Å². The van der Waals surface area contributed by atoms with Gasteiger partial charge in [-0.15, -0.1) is 0 Å². The molecule has 1 atom stereocenters. The van der Waals surface area contributed by atoms with Crippen LogP contribution in [0.1, 0.15) is 26.5 Å². The van der Waals surface area contributed by atoms with Gasteiger partial charge in [0.05, 0.1) is 11.7 Å². The van der Waals surface area contributed by atoms with Crippen LogP contribution < -0.4 is 10.1 Å². The SMILES string of the molecule is CSCC(C)(O)CNc1nc(C)cc(OC(C)C)n1. The fourth-order valence-corrected chi connectivity index (χ4v) is 2.28. The van der Waals surface area contributed by atoms with Crippen LogP contribution in [0, 0.1) is 6.92 Å². The molecule has 1 aromatic rings. The molecule has 0 aromatic carbocycles. The third-order valence-corrected chi connectivity index (χ3v) is 3.18. The predicted molar refractivity (Wildman–Crippen MR) is 80.0 cm³/mol. The zero-order valence-corrected chi connectivity index (χ0v) is 13.0. The van der Waals surface area contributed by atoms with Crippen molar-refractivity contribution in [2.75, 3.05) is 23.9 Å². The monoisotopic (exact) mass is 285 g/mol. The molecule has 1 rings (SSSR count). The Morgan fingerprint density at radius 1 is 1.47 bits per heavy atom. The molecule has 0 saturated carbocycles. The molecule has 0 bridgehead atoms. The molecule has 0 saturated heterocycles. The maximum absolute atomic E-state index is 10.1. The van der Waals surface area contributed by atoms with Gasteiger partial charge in [0.25, 0.3) is 0 Å². The number of ether oxygens (including phenoxy) is 1. The summed E-state index contributed by atoms with van der Waals surface area (Å²) in [6, 6.07) is 1.80. The van der Waals surface area contributed by atoms with Crippen LogP contribution in [0.5, 0.6) is 5.88 Å². The average molecular weight is 285 g/mol. The molecule has 1 heterocycles. The lowest BCUT2D eigenvalue weighted by atomic mass is 10.1. The number of aryl methyl sites for hydroxylation is 1. The Morgan fingerprint density at radius 2 is 2.16 bits per heavy atom. The first-order valence-corrected chi connectivity index (χ1v) is 7.69. The minimum Gasteiger partial charge on any atom is -0.475 e. The molecule has 0 spiro atoms. The first-order valence-electron chi connectivity index (χ1n) is 6.30. The van der Waals surface area contributed by atoms with Gasteiger partial charge in [-0.25, -0.2) is 4.98 Å². The van der Waals surface area contributed by atoms with Crippen molar-refractivity contribution in [3.8, 4) is 5.88 Å². The van der Waals surface area contributed by atoms with E-state index in [1.165, 1.54) is 0 Å². The fraction of sp³-hybridized carbons (Fsp3) is 0.692. The fourth-order valence-electron chi connectivity index (χ4n) is 1.55. The molecule has 0 aliphatic heterocycles. The molecule has 1 unspecified atom stereocenters. The Morgan fingerprint density at radius 3 is 2.74 bits per heavy atom. The molecular formula is C13H23N3O2S. The van der Waals surface area contributed by atoms with Gasteiger partial charge in [0, 0.05) is 24.1 Å². The summed E-state index contributed by atoms with van der Waals surface area (Å²) in [5.74, 6) is 1.69. The average Bonchev–Trinajstić information content (AvgIpc) is 2.24. The topological polar surface area (TPSA) is 67.3 Å². The van der Waals surface area contributed by atoms with Crippen molar-refractivity contribution in [3.05, 3.63) is 11.8 Å². The summed E-state index contributed by atoms with van der Waals surface area (Å²) < 4.78 is 5.56. The van der Waals surface area contributed by atoms with Gasteiger partial charge in [-0.1, -0.05) is 0 Å². The van der Waals surface area contributed by atoms with Gasteiger partial charge >= 0.3 is 0 Å². The van der Waals surface area contributed by atoms with Crippen molar-refractivity contribution < 1.29 is 9.84 Å². The van der Waals surface area contributed by atoms with Crippen molar-refractivity contribution in [2.24, 2.45) is 0 Å². The van der Waals surface area contributed by atoms with Crippen molar-refractivity contribution >= 4 is 17.7 Å². The molecule has 108 valence electrons. The van der Waals surface area contributed by atoms with Crippen LogP contribution in [0.3, 0.4) is 0 Å². The number of anilines is 1. The second-order valence-corrected chi connectivity index (χ2v) is 5.99. The molecule has 0 radical (unpaired) electrons. The molecule has 5 nitrogen and oxygen atoms in total. The highest BCUT2D eigenvalue weighted by Gasteiger charge is 2.19. The van der Waals surface area contributed by atoms with Gasteiger partial charge < -0.3 is 15.2 Å². The molecule has 1 aromatic heterocycles. The lowest BCUT2D eigenvalue weighted by Crippen LogP contribution is -2.36. The van der Waals surface area contributed by atoms with E-state index in [0.717, 1.165) is 5.69 Å². The van der Waals surface area contributed by atoms with Gasteiger partial charge in [0.1, 0.15) is 0 Å². The van der Waals surface area contributed by atoms with E-state index in [1.807, 2.05) is 27.0 Å². The standard InChI is InChI=1S/C13H23N3O2S/c1-9(2)18-11-6-10(3)15-12(16-11)14-7-13(4,17)8-19-5/h6,9,17H,7-8H2,1-5H3,(H,14,15,16). The number of hydrogen-bond donors (Lipinski definition) is 2. The highest BCUT2D eigenvalue weighted by Crippen LogP contribution is 2.15. The molecule has 19 heavy (non-hydrogen) atoms. The molecule has 0 aliphatic rings. The Labute approximate surface area is 119 Å². The maximum atomic E-state index is 10.1. The summed E-state index contributed by atoms with van der Waals surface area (Å²) in [6.07, 6.45) is 2.04. The van der Waals surface area contributed by atoms with Crippen LogP contribution in [0.15, 0.2) is 6.07 Å². The smallest absolute Gasteiger partial charge is 0.226 e. The van der Waals surface area contributed by atoms with E-state index < -0.39 is 5.60 Å². The van der Waals surface area contributed by atoms with E-state index in [2.05, 4.69) is 15.3 Å². The van der Waals surface area contributed by atoms with Crippen molar-refractivity contribution in [3.63, 3.8) is 0 Å². The largest absolute Gasteiger partial charge is 0.475 e. The van der Waals surface area contributed by atoms with E-state index in [0.29, 0.717) is 24.1 Å². The number of nitrogens with one attached hydrogen (secondary N) is 1. The van der Waals surface area contributed by atoms with E-state index >= 15 is 0 Å². The number of rotatable bonds is 7. The van der Waals surface area contributed by atoms with Crippen LogP contribution in [0.2, 0.25) is 0 Å². The third kappa shape index (κ3) is 6.11. The first kappa shape index (κ1) is 16.0. The summed E-state index contributed by atoms with van der Waals surface area (Å²) in [6.45, 7) is 7.98. The number of aromatic nitrogens is 2. The lowest BCUT2D eigenvalue weighted by Gasteiger charge is -2.22. The van der Waals surface area contributed by atoms with Gasteiger partial charge in [-0.05, 0) is 34.0 Å². The second-order valence-electron chi connectivity index (χ2n) is 5.12. The van der Waals surface area contributed by atoms with Gasteiger partial charge in [0.15, 0.2) is 0 Å². The predicted octanol–water partition coefficient (Wildman–Crippen LogP) is 2.10. The van der Waals surface area contributed by atoms with E-state index in [4.69, 9.17) is 4.74 Å². The zero-order chi connectivity index (χ0) is 14.5. The first-order chi connectivity index (χ1) is 8.82. The molecule has 0 aliphatic carbocycles. The van der Waals surface area contributed by atoms with Crippen molar-refractivity contribution in [1.82, 2.24) is 9.97 Å². The van der Waals surface area contributed by atoms with Crippen LogP contribution in [0.4, 0.5) is 5.95 Å². The maximum Gasteiger partial charge on any atom is 0.226 e. The second kappa shape index (κ2) is 6.96. The van der Waals surface area contributed by atoms with E-state index in [-0.39, 0.29) is 6.10 Å². The van der Waals surface area contributed by atoms with Gasteiger partial charge in [-0.3, -0.25) is 0 Å². The molecule has 2 N–H and O–H groups in total. The summed E-state index contributed by atoms with van der Waals surface area (Å²) in [5.41, 5.74) is 0.0450. The zero-order valence-electron chi connectivity index (χ0n) is 12.2. The van der Waals surface area contributed by atoms with Crippen LogP contribution in [-0.4, -0.2) is 45.3 Å². The summed E-state index contributed by atoms with van der Waals surface area (Å²) >= 11 is 1.60. The number of thioether (sulfide) groups is 1. The molecule has 0 amide bonds.